The lowest BCUT2D eigenvalue weighted by molar-refractivity contribution is 0.0782. The fraction of sp³-hybridized carbons (Fsp3) is 0.947. The smallest absolute Gasteiger partial charge is 0.191 e. The third-order valence-electron chi connectivity index (χ3n) is 5.57. The molecule has 1 atom stereocenters. The second-order valence-corrected chi connectivity index (χ2v) is 8.91. The number of piperidine rings is 1. The molecule has 0 amide bonds. The molecule has 0 aromatic carbocycles. The van der Waals surface area contributed by atoms with Gasteiger partial charge in [-0.2, -0.15) is 11.8 Å². The van der Waals surface area contributed by atoms with Crippen molar-refractivity contribution in [1.29, 1.82) is 0 Å². The number of rotatable bonds is 8. The van der Waals surface area contributed by atoms with Gasteiger partial charge < -0.3 is 15.4 Å². The lowest BCUT2D eigenvalue weighted by Crippen LogP contribution is -2.50. The monoisotopic (exact) mass is 498 g/mol. The predicted octanol–water partition coefficient (Wildman–Crippen LogP) is 3.34. The van der Waals surface area contributed by atoms with Crippen molar-refractivity contribution in [3.63, 3.8) is 0 Å². The van der Waals surface area contributed by atoms with Crippen LogP contribution in [0.5, 0.6) is 0 Å². The first-order valence-corrected chi connectivity index (χ1v) is 11.1. The molecule has 0 spiro atoms. The molecule has 26 heavy (non-hydrogen) atoms. The van der Waals surface area contributed by atoms with Crippen LogP contribution in [-0.2, 0) is 4.74 Å². The normalized spacial score (nSPS) is 24.0. The number of aliphatic imine (C=N–C) groups is 1. The number of ether oxygens (including phenoxy) is 1. The first kappa shape index (κ1) is 24.3. The Balaban J connectivity index is 0.00000338. The molecule has 2 saturated heterocycles. The molecule has 2 heterocycles. The standard InChI is InChI=1S/C19H38N4OS.HI/c1-4-17-8-6-7-12-23(17)13-11-21-18(20-3)22-16-19(25-5-2)9-14-24-15-10-19;/h17H,4-16H2,1-3H3,(H2,20,21,22);1H. The van der Waals surface area contributed by atoms with E-state index in [1.54, 1.807) is 0 Å². The molecule has 2 N–H and O–H groups in total. The molecular weight excluding hydrogens is 459 g/mol. The molecule has 1 unspecified atom stereocenters. The van der Waals surface area contributed by atoms with E-state index in [0.717, 1.165) is 63.4 Å². The van der Waals surface area contributed by atoms with E-state index in [1.165, 1.54) is 32.2 Å². The third kappa shape index (κ3) is 7.72. The maximum atomic E-state index is 5.56. The van der Waals surface area contributed by atoms with Crippen molar-refractivity contribution < 1.29 is 4.74 Å². The zero-order valence-corrected chi connectivity index (χ0v) is 20.0. The van der Waals surface area contributed by atoms with Gasteiger partial charge in [0.1, 0.15) is 0 Å². The van der Waals surface area contributed by atoms with Gasteiger partial charge in [-0.15, -0.1) is 24.0 Å². The molecule has 7 heteroatoms. The Labute approximate surface area is 181 Å². The Hall–Kier alpha value is 0.270. The summed E-state index contributed by atoms with van der Waals surface area (Å²) in [7, 11) is 1.87. The van der Waals surface area contributed by atoms with Crippen LogP contribution in [0.2, 0.25) is 0 Å². The van der Waals surface area contributed by atoms with Crippen LogP contribution >= 0.6 is 35.7 Å². The van der Waals surface area contributed by atoms with Crippen molar-refractivity contribution in [1.82, 2.24) is 15.5 Å². The van der Waals surface area contributed by atoms with Crippen molar-refractivity contribution >= 4 is 41.7 Å². The molecular formula is C19H39IN4OS. The first-order chi connectivity index (χ1) is 12.2. The predicted molar refractivity (Wildman–Crippen MR) is 125 cm³/mol. The van der Waals surface area contributed by atoms with Gasteiger partial charge in [0, 0.05) is 50.7 Å². The van der Waals surface area contributed by atoms with Crippen molar-refractivity contribution in [2.24, 2.45) is 4.99 Å². The summed E-state index contributed by atoms with van der Waals surface area (Å²) in [5.74, 6) is 2.09. The van der Waals surface area contributed by atoms with E-state index < -0.39 is 0 Å². The summed E-state index contributed by atoms with van der Waals surface area (Å²) in [5.41, 5.74) is 0. The largest absolute Gasteiger partial charge is 0.381 e. The highest BCUT2D eigenvalue weighted by atomic mass is 127. The van der Waals surface area contributed by atoms with Crippen LogP contribution in [0.15, 0.2) is 4.99 Å². The van der Waals surface area contributed by atoms with Gasteiger partial charge in [-0.1, -0.05) is 20.3 Å². The second kappa shape index (κ2) is 13.4. The highest BCUT2D eigenvalue weighted by Gasteiger charge is 2.32. The number of thioether (sulfide) groups is 1. The summed E-state index contributed by atoms with van der Waals surface area (Å²) in [6.07, 6.45) is 7.63. The topological polar surface area (TPSA) is 48.9 Å². The van der Waals surface area contributed by atoms with Crippen LogP contribution in [0.3, 0.4) is 0 Å². The highest BCUT2D eigenvalue weighted by molar-refractivity contribution is 14.0. The molecule has 2 rings (SSSR count). The molecule has 0 aromatic rings. The van der Waals surface area contributed by atoms with Gasteiger partial charge in [0.05, 0.1) is 0 Å². The molecule has 0 radical (unpaired) electrons. The van der Waals surface area contributed by atoms with Gasteiger partial charge in [0.2, 0.25) is 0 Å². The van der Waals surface area contributed by atoms with E-state index in [1.807, 2.05) is 7.05 Å². The van der Waals surface area contributed by atoms with Crippen LogP contribution in [0.1, 0.15) is 52.4 Å². The van der Waals surface area contributed by atoms with E-state index in [2.05, 4.69) is 46.1 Å². The van der Waals surface area contributed by atoms with Gasteiger partial charge in [-0.25, -0.2) is 0 Å². The maximum Gasteiger partial charge on any atom is 0.191 e. The average molecular weight is 499 g/mol. The minimum atomic E-state index is 0. The Bertz CT molecular complexity index is 399. The van der Waals surface area contributed by atoms with E-state index in [9.17, 15) is 0 Å². The van der Waals surface area contributed by atoms with Crippen LogP contribution < -0.4 is 10.6 Å². The zero-order valence-electron chi connectivity index (χ0n) is 16.9. The molecule has 2 fully saturated rings. The Morgan fingerprint density at radius 3 is 2.65 bits per heavy atom. The number of hydrogen-bond acceptors (Lipinski definition) is 4. The Morgan fingerprint density at radius 1 is 1.23 bits per heavy atom. The Kier molecular flexibility index (Phi) is 12.6. The van der Waals surface area contributed by atoms with Crippen LogP contribution in [0.25, 0.3) is 0 Å². The minimum absolute atomic E-state index is 0. The molecule has 2 aliphatic rings. The number of hydrogen-bond donors (Lipinski definition) is 2. The molecule has 2 aliphatic heterocycles. The maximum absolute atomic E-state index is 5.56. The second-order valence-electron chi connectivity index (χ2n) is 7.17. The lowest BCUT2D eigenvalue weighted by atomic mass is 9.99. The Morgan fingerprint density at radius 2 is 2.00 bits per heavy atom. The van der Waals surface area contributed by atoms with Crippen LogP contribution in [0, 0.1) is 0 Å². The van der Waals surface area contributed by atoms with Gasteiger partial charge in [-0.3, -0.25) is 9.89 Å². The van der Waals surface area contributed by atoms with Crippen molar-refractivity contribution in [2.45, 2.75) is 63.2 Å². The summed E-state index contributed by atoms with van der Waals surface area (Å²) in [6.45, 7) is 10.6. The van der Waals surface area contributed by atoms with Gasteiger partial charge in [0.15, 0.2) is 5.96 Å². The SMILES string of the molecule is CCSC1(CNC(=NC)NCCN2CCCCC2CC)CCOCC1.I. The molecule has 0 bridgehead atoms. The molecule has 0 aliphatic carbocycles. The van der Waals surface area contributed by atoms with E-state index in [4.69, 9.17) is 4.74 Å². The summed E-state index contributed by atoms with van der Waals surface area (Å²) < 4.78 is 5.86. The van der Waals surface area contributed by atoms with Gasteiger partial charge >= 0.3 is 0 Å². The summed E-state index contributed by atoms with van der Waals surface area (Å²) in [5, 5.41) is 7.09. The number of nitrogens with zero attached hydrogens (tertiary/aromatic N) is 2. The lowest BCUT2D eigenvalue weighted by Gasteiger charge is -2.37. The summed E-state index contributed by atoms with van der Waals surface area (Å²) >= 11 is 2.07. The van der Waals surface area contributed by atoms with Gasteiger partial charge in [0.25, 0.3) is 0 Å². The zero-order chi connectivity index (χ0) is 18.0. The van der Waals surface area contributed by atoms with Gasteiger partial charge in [-0.05, 0) is 44.4 Å². The quantitative estimate of drug-likeness (QED) is 0.306. The number of halogens is 1. The van der Waals surface area contributed by atoms with E-state index in [-0.39, 0.29) is 24.0 Å². The van der Waals surface area contributed by atoms with E-state index >= 15 is 0 Å². The molecule has 0 aromatic heterocycles. The summed E-state index contributed by atoms with van der Waals surface area (Å²) in [4.78, 5) is 7.07. The summed E-state index contributed by atoms with van der Waals surface area (Å²) in [6, 6.07) is 0.775. The highest BCUT2D eigenvalue weighted by Crippen LogP contribution is 2.34. The van der Waals surface area contributed by atoms with Crippen molar-refractivity contribution in [3.05, 3.63) is 0 Å². The number of nitrogens with one attached hydrogen (secondary N) is 2. The molecule has 5 nitrogen and oxygen atoms in total. The molecule has 154 valence electrons. The van der Waals surface area contributed by atoms with Crippen LogP contribution in [-0.4, -0.2) is 73.8 Å². The van der Waals surface area contributed by atoms with Crippen molar-refractivity contribution in [3.8, 4) is 0 Å². The fourth-order valence-electron chi connectivity index (χ4n) is 4.02. The molecule has 0 saturated carbocycles. The van der Waals surface area contributed by atoms with Crippen molar-refractivity contribution in [2.75, 3.05) is 52.2 Å². The third-order valence-corrected chi connectivity index (χ3v) is 7.02. The first-order valence-electron chi connectivity index (χ1n) is 10.1. The minimum Gasteiger partial charge on any atom is -0.381 e. The van der Waals surface area contributed by atoms with Crippen LogP contribution in [0.4, 0.5) is 0 Å². The number of guanidine groups is 1. The van der Waals surface area contributed by atoms with E-state index in [0.29, 0.717) is 4.75 Å². The fourth-order valence-corrected chi connectivity index (χ4v) is 5.26. The average Bonchev–Trinajstić information content (AvgIpc) is 2.66. The number of likely N-dealkylation sites (tertiary alicyclic amines) is 1.